The van der Waals surface area contributed by atoms with E-state index < -0.39 is 5.97 Å². The van der Waals surface area contributed by atoms with Crippen molar-refractivity contribution in [1.82, 2.24) is 0 Å². The van der Waals surface area contributed by atoms with E-state index in [1.807, 2.05) is 50.2 Å². The Bertz CT molecular complexity index is 950. The fraction of sp³-hybridized carbons (Fsp3) is 0.273. The lowest BCUT2D eigenvalue weighted by Crippen LogP contribution is -2.06. The van der Waals surface area contributed by atoms with Crippen LogP contribution in [0.1, 0.15) is 37.0 Å². The molecule has 0 fully saturated rings. The van der Waals surface area contributed by atoms with E-state index >= 15 is 0 Å². The molecular weight excluding hydrogens is 469 g/mol. The molecule has 2 aromatic carbocycles. The van der Waals surface area contributed by atoms with Gasteiger partial charge in [-0.2, -0.15) is 0 Å². The number of benzene rings is 2. The molecule has 0 unspecified atom stereocenters. The Hall–Kier alpha value is -2.35. The molecule has 6 heteroatoms. The number of aliphatic imine (C=N–C) groups is 1. The van der Waals surface area contributed by atoms with Crippen LogP contribution in [0.2, 0.25) is 0 Å². The van der Waals surface area contributed by atoms with Gasteiger partial charge in [0.05, 0.1) is 16.8 Å². The topological polar surface area (TPSA) is 57.1 Å². The highest BCUT2D eigenvalue weighted by Crippen LogP contribution is 2.35. The highest BCUT2D eigenvalue weighted by Gasteiger charge is 2.25. The highest BCUT2D eigenvalue weighted by molar-refractivity contribution is 14.1. The summed E-state index contributed by atoms with van der Waals surface area (Å²) in [6, 6.07) is 11.5. The van der Waals surface area contributed by atoms with E-state index in [1.54, 1.807) is 6.08 Å². The minimum absolute atomic E-state index is 0.263. The molecule has 0 saturated heterocycles. The number of hydrogen-bond acceptors (Lipinski definition) is 5. The molecule has 1 heterocycles. The summed E-state index contributed by atoms with van der Waals surface area (Å²) in [6.07, 6.45) is 2.62. The van der Waals surface area contributed by atoms with Crippen molar-refractivity contribution in [3.8, 4) is 11.5 Å². The van der Waals surface area contributed by atoms with Crippen molar-refractivity contribution in [3.63, 3.8) is 0 Å². The zero-order valence-corrected chi connectivity index (χ0v) is 18.3. The number of hydrogen-bond donors (Lipinski definition) is 0. The van der Waals surface area contributed by atoms with E-state index in [9.17, 15) is 4.79 Å². The van der Waals surface area contributed by atoms with Gasteiger partial charge < -0.3 is 14.2 Å². The smallest absolute Gasteiger partial charge is 0.363 e. The molecule has 0 saturated carbocycles. The summed E-state index contributed by atoms with van der Waals surface area (Å²) in [7, 11) is 0. The fourth-order valence-electron chi connectivity index (χ4n) is 2.77. The van der Waals surface area contributed by atoms with Crippen molar-refractivity contribution >= 4 is 40.5 Å². The van der Waals surface area contributed by atoms with Crippen LogP contribution in [0.4, 0.5) is 0 Å². The summed E-state index contributed by atoms with van der Waals surface area (Å²) in [4.78, 5) is 16.7. The Kier molecular flexibility index (Phi) is 6.72. The average Bonchev–Trinajstić information content (AvgIpc) is 3.02. The van der Waals surface area contributed by atoms with Crippen LogP contribution in [0.15, 0.2) is 47.1 Å². The summed E-state index contributed by atoms with van der Waals surface area (Å²) >= 11 is 2.21. The predicted octanol–water partition coefficient (Wildman–Crippen LogP) is 5.13. The molecule has 0 bridgehead atoms. The van der Waals surface area contributed by atoms with Crippen LogP contribution in [0.25, 0.3) is 6.08 Å². The van der Waals surface area contributed by atoms with Crippen LogP contribution in [-0.2, 0) is 9.53 Å². The number of rotatable bonds is 7. The molecule has 3 rings (SSSR count). The average molecular weight is 491 g/mol. The molecule has 5 nitrogen and oxygen atoms in total. The number of halogens is 1. The standard InChI is InChI=1S/C22H22INO4/c1-4-10-27-20-17(23)11-15(13-19(20)26-5-2)12-18-22(25)28-21(24-18)16-9-7-6-8-14(16)3/h6-9,11-13H,4-5,10H2,1-3H3. The number of nitrogens with zero attached hydrogens (tertiary/aromatic N) is 1. The Labute approximate surface area is 178 Å². The maximum Gasteiger partial charge on any atom is 0.363 e. The van der Waals surface area contributed by atoms with Crippen molar-refractivity contribution in [2.45, 2.75) is 27.2 Å². The van der Waals surface area contributed by atoms with E-state index in [0.717, 1.165) is 32.4 Å². The summed E-state index contributed by atoms with van der Waals surface area (Å²) in [6.45, 7) is 7.08. The van der Waals surface area contributed by atoms with Crippen molar-refractivity contribution in [1.29, 1.82) is 0 Å². The fourth-order valence-corrected chi connectivity index (χ4v) is 3.55. The van der Waals surface area contributed by atoms with Gasteiger partial charge in [-0.05, 0) is 78.3 Å². The van der Waals surface area contributed by atoms with E-state index in [4.69, 9.17) is 14.2 Å². The quantitative estimate of drug-likeness (QED) is 0.306. The predicted molar refractivity (Wildman–Crippen MR) is 118 cm³/mol. The van der Waals surface area contributed by atoms with Crippen molar-refractivity contribution in [2.24, 2.45) is 4.99 Å². The van der Waals surface area contributed by atoms with Gasteiger partial charge in [-0.1, -0.05) is 25.1 Å². The summed E-state index contributed by atoms with van der Waals surface area (Å²) < 4.78 is 17.9. The van der Waals surface area contributed by atoms with Crippen LogP contribution < -0.4 is 9.47 Å². The Morgan fingerprint density at radius 3 is 2.68 bits per heavy atom. The van der Waals surface area contributed by atoms with E-state index in [2.05, 4.69) is 34.5 Å². The third-order valence-electron chi connectivity index (χ3n) is 4.08. The monoisotopic (exact) mass is 491 g/mol. The van der Waals surface area contributed by atoms with Gasteiger partial charge in [-0.25, -0.2) is 9.79 Å². The van der Waals surface area contributed by atoms with Crippen molar-refractivity contribution < 1.29 is 19.0 Å². The van der Waals surface area contributed by atoms with Crippen LogP contribution in [-0.4, -0.2) is 25.1 Å². The minimum Gasteiger partial charge on any atom is -0.490 e. The molecule has 0 N–H and O–H groups in total. The highest BCUT2D eigenvalue weighted by atomic mass is 127. The largest absolute Gasteiger partial charge is 0.490 e. The molecule has 0 amide bonds. The third-order valence-corrected chi connectivity index (χ3v) is 4.88. The molecule has 28 heavy (non-hydrogen) atoms. The molecular formula is C22H22INO4. The van der Waals surface area contributed by atoms with Gasteiger partial charge in [0, 0.05) is 5.56 Å². The van der Waals surface area contributed by atoms with Crippen LogP contribution in [0.5, 0.6) is 11.5 Å². The molecule has 146 valence electrons. The van der Waals surface area contributed by atoms with Gasteiger partial charge in [0.1, 0.15) is 0 Å². The van der Waals surface area contributed by atoms with Crippen LogP contribution >= 0.6 is 22.6 Å². The Morgan fingerprint density at radius 1 is 1.18 bits per heavy atom. The van der Waals surface area contributed by atoms with Gasteiger partial charge >= 0.3 is 5.97 Å². The first-order valence-corrected chi connectivity index (χ1v) is 10.3. The number of cyclic esters (lactones) is 1. The van der Waals surface area contributed by atoms with Gasteiger partial charge in [0.2, 0.25) is 5.90 Å². The molecule has 1 aliphatic heterocycles. The second kappa shape index (κ2) is 9.23. The summed E-state index contributed by atoms with van der Waals surface area (Å²) in [5.74, 6) is 1.25. The van der Waals surface area contributed by atoms with Gasteiger partial charge in [0.25, 0.3) is 0 Å². The van der Waals surface area contributed by atoms with E-state index in [-0.39, 0.29) is 5.70 Å². The molecule has 0 atom stereocenters. The Morgan fingerprint density at radius 2 is 1.96 bits per heavy atom. The van der Waals surface area contributed by atoms with E-state index in [0.29, 0.717) is 24.9 Å². The lowest BCUT2D eigenvalue weighted by atomic mass is 10.1. The second-order valence-electron chi connectivity index (χ2n) is 6.26. The molecule has 0 aromatic heterocycles. The first kappa shape index (κ1) is 20.4. The van der Waals surface area contributed by atoms with Crippen LogP contribution in [0, 0.1) is 10.5 Å². The number of esters is 1. The molecule has 0 radical (unpaired) electrons. The van der Waals surface area contributed by atoms with Crippen molar-refractivity contribution in [2.75, 3.05) is 13.2 Å². The normalized spacial score (nSPS) is 14.8. The number of carbonyl (C=O) groups excluding carboxylic acids is 1. The van der Waals surface area contributed by atoms with Crippen molar-refractivity contribution in [3.05, 3.63) is 62.4 Å². The maximum atomic E-state index is 12.3. The summed E-state index contributed by atoms with van der Waals surface area (Å²) in [5, 5.41) is 0. The second-order valence-corrected chi connectivity index (χ2v) is 7.42. The minimum atomic E-state index is -0.461. The lowest BCUT2D eigenvalue weighted by molar-refractivity contribution is -0.129. The van der Waals surface area contributed by atoms with E-state index in [1.165, 1.54) is 0 Å². The number of ether oxygens (including phenoxy) is 3. The molecule has 0 aliphatic carbocycles. The Balaban J connectivity index is 1.96. The summed E-state index contributed by atoms with van der Waals surface area (Å²) in [5.41, 5.74) is 2.88. The number of carbonyl (C=O) groups is 1. The van der Waals surface area contributed by atoms with Gasteiger partial charge in [-0.15, -0.1) is 0 Å². The molecule has 0 spiro atoms. The van der Waals surface area contributed by atoms with Gasteiger partial charge in [-0.3, -0.25) is 0 Å². The van der Waals surface area contributed by atoms with Crippen LogP contribution in [0.3, 0.4) is 0 Å². The zero-order valence-electron chi connectivity index (χ0n) is 16.1. The zero-order chi connectivity index (χ0) is 20.1. The maximum absolute atomic E-state index is 12.3. The lowest BCUT2D eigenvalue weighted by Gasteiger charge is -2.14. The molecule has 1 aliphatic rings. The third kappa shape index (κ3) is 4.55. The molecule has 2 aromatic rings. The SMILES string of the molecule is CCCOc1c(I)cc(C=C2N=C(c3ccccc3C)OC2=O)cc1OCC. The van der Waals surface area contributed by atoms with Gasteiger partial charge in [0.15, 0.2) is 17.2 Å². The number of aryl methyl sites for hydroxylation is 1. The first-order valence-electron chi connectivity index (χ1n) is 9.21. The first-order chi connectivity index (χ1) is 13.5.